The van der Waals surface area contributed by atoms with Crippen molar-refractivity contribution < 1.29 is 9.13 Å². The van der Waals surface area contributed by atoms with E-state index in [0.717, 1.165) is 21.8 Å². The monoisotopic (exact) mass is 304 g/mol. The number of aryl methyl sites for hydroxylation is 1. The van der Waals surface area contributed by atoms with E-state index in [1.807, 2.05) is 7.05 Å². The first-order valence-corrected chi connectivity index (χ1v) is 7.36. The van der Waals surface area contributed by atoms with Gasteiger partial charge in [-0.15, -0.1) is 11.8 Å². The van der Waals surface area contributed by atoms with Crippen molar-refractivity contribution in [2.75, 3.05) is 12.4 Å². The highest BCUT2D eigenvalue weighted by molar-refractivity contribution is 7.99. The van der Waals surface area contributed by atoms with E-state index < -0.39 is 0 Å². The molecular formula is C14H13FN4OS. The highest BCUT2D eigenvalue weighted by Gasteiger charge is 2.08. The van der Waals surface area contributed by atoms with Crippen LogP contribution in [-0.2, 0) is 7.05 Å². The number of thioether (sulfide) groups is 1. The molecule has 108 valence electrons. The van der Waals surface area contributed by atoms with Crippen molar-refractivity contribution in [3.8, 4) is 5.75 Å². The molecule has 0 unspecified atom stereocenters. The molecule has 0 bridgehead atoms. The van der Waals surface area contributed by atoms with Crippen LogP contribution in [0, 0.1) is 5.82 Å². The number of rotatable bonds is 5. The zero-order chi connectivity index (χ0) is 14.7. The van der Waals surface area contributed by atoms with Crippen LogP contribution in [-0.4, -0.2) is 32.1 Å². The predicted molar refractivity (Wildman–Crippen MR) is 78.9 cm³/mol. The third-order valence-electron chi connectivity index (χ3n) is 2.90. The molecule has 3 rings (SSSR count). The molecule has 21 heavy (non-hydrogen) atoms. The summed E-state index contributed by atoms with van der Waals surface area (Å²) < 4.78 is 20.0. The molecule has 0 saturated heterocycles. The first-order valence-electron chi connectivity index (χ1n) is 6.38. The fourth-order valence-electron chi connectivity index (χ4n) is 1.88. The lowest BCUT2D eigenvalue weighted by molar-refractivity contribution is 0.343. The molecule has 0 aliphatic rings. The van der Waals surface area contributed by atoms with Crippen molar-refractivity contribution in [2.45, 2.75) is 5.03 Å². The lowest BCUT2D eigenvalue weighted by Gasteiger charge is -2.06. The Morgan fingerprint density at radius 2 is 2.05 bits per heavy atom. The van der Waals surface area contributed by atoms with E-state index >= 15 is 0 Å². The molecule has 2 heterocycles. The van der Waals surface area contributed by atoms with Crippen LogP contribution in [0.2, 0.25) is 0 Å². The first kappa shape index (κ1) is 13.8. The highest BCUT2D eigenvalue weighted by Crippen LogP contribution is 2.23. The second-order valence-corrected chi connectivity index (χ2v) is 5.42. The van der Waals surface area contributed by atoms with Gasteiger partial charge in [0.1, 0.15) is 22.9 Å². The van der Waals surface area contributed by atoms with Crippen LogP contribution < -0.4 is 4.74 Å². The molecule has 3 aromatic rings. The summed E-state index contributed by atoms with van der Waals surface area (Å²) in [6, 6.07) is 5.99. The SMILES string of the molecule is Cn1ncc2c(SCCOc3ccc(F)cc3)ncnc21. The van der Waals surface area contributed by atoms with E-state index in [1.165, 1.54) is 18.5 Å². The van der Waals surface area contributed by atoms with Gasteiger partial charge < -0.3 is 4.74 Å². The summed E-state index contributed by atoms with van der Waals surface area (Å²) in [6.07, 6.45) is 3.30. The van der Waals surface area contributed by atoms with Gasteiger partial charge in [-0.3, -0.25) is 4.68 Å². The second kappa shape index (κ2) is 6.09. The molecule has 0 saturated carbocycles. The van der Waals surface area contributed by atoms with Gasteiger partial charge in [-0.1, -0.05) is 0 Å². The molecular weight excluding hydrogens is 291 g/mol. The molecule has 0 fully saturated rings. The van der Waals surface area contributed by atoms with E-state index in [9.17, 15) is 4.39 Å². The predicted octanol–water partition coefficient (Wildman–Crippen LogP) is 2.67. The van der Waals surface area contributed by atoms with Crippen molar-refractivity contribution in [1.29, 1.82) is 0 Å². The molecule has 0 N–H and O–H groups in total. The first-order chi connectivity index (χ1) is 10.2. The number of benzene rings is 1. The summed E-state index contributed by atoms with van der Waals surface area (Å²) >= 11 is 1.58. The van der Waals surface area contributed by atoms with Crippen LogP contribution in [0.5, 0.6) is 5.75 Å². The van der Waals surface area contributed by atoms with E-state index in [-0.39, 0.29) is 5.82 Å². The molecule has 0 radical (unpaired) electrons. The summed E-state index contributed by atoms with van der Waals surface area (Å²) in [4.78, 5) is 8.46. The summed E-state index contributed by atoms with van der Waals surface area (Å²) in [6.45, 7) is 0.516. The van der Waals surface area contributed by atoms with Gasteiger partial charge >= 0.3 is 0 Å². The van der Waals surface area contributed by atoms with Crippen molar-refractivity contribution in [1.82, 2.24) is 19.7 Å². The number of nitrogens with zero attached hydrogens (tertiary/aromatic N) is 4. The number of halogens is 1. The minimum atomic E-state index is -0.267. The van der Waals surface area contributed by atoms with Gasteiger partial charge in [0.25, 0.3) is 0 Å². The molecule has 1 aromatic carbocycles. The Morgan fingerprint density at radius 1 is 1.24 bits per heavy atom. The maximum Gasteiger partial charge on any atom is 0.162 e. The summed E-state index contributed by atoms with van der Waals surface area (Å²) in [5, 5.41) is 6.00. The van der Waals surface area contributed by atoms with Crippen LogP contribution in [0.1, 0.15) is 0 Å². The van der Waals surface area contributed by atoms with E-state index in [0.29, 0.717) is 12.4 Å². The quantitative estimate of drug-likeness (QED) is 0.412. The largest absolute Gasteiger partial charge is 0.493 e. The Labute approximate surface area is 125 Å². The zero-order valence-electron chi connectivity index (χ0n) is 11.4. The third-order valence-corrected chi connectivity index (χ3v) is 3.87. The molecule has 0 spiro atoms. The fourth-order valence-corrected chi connectivity index (χ4v) is 2.67. The van der Waals surface area contributed by atoms with Crippen LogP contribution in [0.15, 0.2) is 41.8 Å². The summed E-state index contributed by atoms with van der Waals surface area (Å²) in [5.41, 5.74) is 0.812. The Bertz CT molecular complexity index is 744. The van der Waals surface area contributed by atoms with Crippen molar-refractivity contribution >= 4 is 22.8 Å². The summed E-state index contributed by atoms with van der Waals surface area (Å²) in [7, 11) is 1.85. The summed E-state index contributed by atoms with van der Waals surface area (Å²) in [5.74, 6) is 1.13. The number of aromatic nitrogens is 4. The number of ether oxygens (including phenoxy) is 1. The smallest absolute Gasteiger partial charge is 0.162 e. The molecule has 5 nitrogen and oxygen atoms in total. The highest BCUT2D eigenvalue weighted by atomic mass is 32.2. The average molecular weight is 304 g/mol. The number of fused-ring (bicyclic) bond motifs is 1. The van der Waals surface area contributed by atoms with Crippen molar-refractivity contribution in [3.05, 3.63) is 42.6 Å². The van der Waals surface area contributed by atoms with Gasteiger partial charge in [-0.2, -0.15) is 5.10 Å². The normalized spacial score (nSPS) is 11.0. The Kier molecular flexibility index (Phi) is 4.01. The number of hydrogen-bond acceptors (Lipinski definition) is 5. The molecule has 0 atom stereocenters. The molecule has 0 aliphatic heterocycles. The van der Waals surface area contributed by atoms with Crippen molar-refractivity contribution in [3.63, 3.8) is 0 Å². The Hall–Kier alpha value is -2.15. The van der Waals surface area contributed by atoms with Crippen LogP contribution in [0.25, 0.3) is 11.0 Å². The van der Waals surface area contributed by atoms with Crippen molar-refractivity contribution in [2.24, 2.45) is 7.05 Å². The topological polar surface area (TPSA) is 52.8 Å². The standard InChI is InChI=1S/C14H13FN4OS/c1-19-13-12(8-18-19)14(17-9-16-13)21-7-6-20-11-4-2-10(15)3-5-11/h2-5,8-9H,6-7H2,1H3. The molecule has 2 aromatic heterocycles. The van der Waals surface area contributed by atoms with Gasteiger partial charge in [0.15, 0.2) is 5.65 Å². The van der Waals surface area contributed by atoms with Gasteiger partial charge in [0.05, 0.1) is 18.2 Å². The average Bonchev–Trinajstić information content (AvgIpc) is 2.88. The minimum absolute atomic E-state index is 0.267. The fraction of sp³-hybridized carbons (Fsp3) is 0.214. The Balaban J connectivity index is 1.58. The zero-order valence-corrected chi connectivity index (χ0v) is 12.2. The van der Waals surface area contributed by atoms with Gasteiger partial charge in [-0.25, -0.2) is 14.4 Å². The van der Waals surface area contributed by atoms with Crippen LogP contribution >= 0.6 is 11.8 Å². The third kappa shape index (κ3) is 3.13. The van der Waals surface area contributed by atoms with E-state index in [2.05, 4.69) is 15.1 Å². The lowest BCUT2D eigenvalue weighted by Crippen LogP contribution is -2.00. The van der Waals surface area contributed by atoms with Gasteiger partial charge in [0, 0.05) is 12.8 Å². The van der Waals surface area contributed by atoms with Gasteiger partial charge in [-0.05, 0) is 24.3 Å². The van der Waals surface area contributed by atoms with Crippen LogP contribution in [0.3, 0.4) is 0 Å². The Morgan fingerprint density at radius 3 is 2.86 bits per heavy atom. The molecule has 0 amide bonds. The number of hydrogen-bond donors (Lipinski definition) is 0. The van der Waals surface area contributed by atoms with E-state index in [4.69, 9.17) is 4.74 Å². The minimum Gasteiger partial charge on any atom is -0.493 e. The van der Waals surface area contributed by atoms with Crippen LogP contribution in [0.4, 0.5) is 4.39 Å². The van der Waals surface area contributed by atoms with E-state index in [1.54, 1.807) is 34.8 Å². The molecule has 7 heteroatoms. The molecule has 0 aliphatic carbocycles. The van der Waals surface area contributed by atoms with Gasteiger partial charge in [0.2, 0.25) is 0 Å². The maximum absolute atomic E-state index is 12.8. The second-order valence-electron chi connectivity index (χ2n) is 4.34. The lowest BCUT2D eigenvalue weighted by atomic mass is 10.3. The maximum atomic E-state index is 12.8.